The number of amides is 1. The Morgan fingerprint density at radius 2 is 1.78 bits per heavy atom. The van der Waals surface area contributed by atoms with Gasteiger partial charge in [-0.3, -0.25) is 4.79 Å². The molecule has 0 spiro atoms. The normalized spacial score (nSPS) is 31.7. The molecule has 0 aromatic heterocycles. The van der Waals surface area contributed by atoms with Gasteiger partial charge in [0.15, 0.2) is 0 Å². The van der Waals surface area contributed by atoms with Gasteiger partial charge in [-0.05, 0) is 76.0 Å². The maximum atomic E-state index is 12.4. The number of hydrogen-bond donors (Lipinski definition) is 2. The Morgan fingerprint density at radius 3 is 2.35 bits per heavy atom. The standard InChI is InChI=1S/C19H37N3O/c1-6-22(7-2)12-8-11-20-14-17(23)21-19(5)16-10-9-15(13-16)18(19,3)4/h15-16,20H,6-14H2,1-5H3,(H,21,23)/t15-,16+,19+/m1/s1. The van der Waals surface area contributed by atoms with E-state index in [1.807, 2.05) is 0 Å². The Hall–Kier alpha value is -0.610. The molecule has 0 saturated heterocycles. The highest BCUT2D eigenvalue weighted by Gasteiger charge is 2.60. The minimum Gasteiger partial charge on any atom is -0.349 e. The van der Waals surface area contributed by atoms with Crippen LogP contribution in [-0.2, 0) is 4.79 Å². The van der Waals surface area contributed by atoms with E-state index < -0.39 is 0 Å². The zero-order chi connectivity index (χ0) is 17.1. The number of nitrogens with zero attached hydrogens (tertiary/aromatic N) is 1. The Balaban J connectivity index is 1.71. The van der Waals surface area contributed by atoms with Crippen molar-refractivity contribution < 1.29 is 4.79 Å². The van der Waals surface area contributed by atoms with Gasteiger partial charge in [0, 0.05) is 5.54 Å². The SMILES string of the molecule is CCN(CC)CCCNCC(=O)N[C@@]1(C)[C@H]2CC[C@H](C2)C1(C)C. The third-order valence-electron chi connectivity index (χ3n) is 7.02. The monoisotopic (exact) mass is 323 g/mol. The number of rotatable bonds is 9. The molecule has 2 bridgehead atoms. The fourth-order valence-electron chi connectivity index (χ4n) is 4.88. The molecular weight excluding hydrogens is 286 g/mol. The van der Waals surface area contributed by atoms with E-state index in [0.717, 1.165) is 38.5 Å². The first-order valence-electron chi connectivity index (χ1n) is 9.59. The lowest BCUT2D eigenvalue weighted by molar-refractivity contribution is -0.124. The quantitative estimate of drug-likeness (QED) is 0.641. The lowest BCUT2D eigenvalue weighted by atomic mass is 9.64. The van der Waals surface area contributed by atoms with Crippen LogP contribution in [0.2, 0.25) is 0 Å². The average molecular weight is 324 g/mol. The molecule has 0 aromatic carbocycles. The fourth-order valence-corrected chi connectivity index (χ4v) is 4.88. The zero-order valence-corrected chi connectivity index (χ0v) is 15.9. The molecule has 2 fully saturated rings. The second-order valence-electron chi connectivity index (χ2n) is 8.24. The molecule has 0 aromatic rings. The van der Waals surface area contributed by atoms with Gasteiger partial charge in [0.05, 0.1) is 6.54 Å². The second-order valence-corrected chi connectivity index (χ2v) is 8.24. The summed E-state index contributed by atoms with van der Waals surface area (Å²) in [5, 5.41) is 6.70. The molecular formula is C19H37N3O. The third-order valence-corrected chi connectivity index (χ3v) is 7.02. The molecule has 2 aliphatic rings. The molecule has 0 heterocycles. The minimum atomic E-state index is -0.0318. The summed E-state index contributed by atoms with van der Waals surface area (Å²) in [6, 6.07) is 0. The van der Waals surface area contributed by atoms with Crippen LogP contribution < -0.4 is 10.6 Å². The number of nitrogens with one attached hydrogen (secondary N) is 2. The van der Waals surface area contributed by atoms with Gasteiger partial charge < -0.3 is 15.5 Å². The Morgan fingerprint density at radius 1 is 1.13 bits per heavy atom. The van der Waals surface area contributed by atoms with E-state index in [1.165, 1.54) is 19.3 Å². The molecule has 2 aliphatic carbocycles. The Kier molecular flexibility index (Phi) is 6.12. The Bertz CT molecular complexity index is 405. The molecule has 2 saturated carbocycles. The van der Waals surface area contributed by atoms with Crippen LogP contribution in [0.25, 0.3) is 0 Å². The van der Waals surface area contributed by atoms with Gasteiger partial charge in [-0.2, -0.15) is 0 Å². The molecule has 4 heteroatoms. The van der Waals surface area contributed by atoms with E-state index in [0.29, 0.717) is 12.5 Å². The topological polar surface area (TPSA) is 44.4 Å². The van der Waals surface area contributed by atoms with Gasteiger partial charge >= 0.3 is 0 Å². The minimum absolute atomic E-state index is 0.0318. The van der Waals surface area contributed by atoms with Gasteiger partial charge in [-0.25, -0.2) is 0 Å². The van der Waals surface area contributed by atoms with Crippen molar-refractivity contribution >= 4 is 5.91 Å². The van der Waals surface area contributed by atoms with Gasteiger partial charge in [-0.15, -0.1) is 0 Å². The van der Waals surface area contributed by atoms with Gasteiger partial charge in [0.25, 0.3) is 0 Å². The molecule has 0 radical (unpaired) electrons. The predicted octanol–water partition coefficient (Wildman–Crippen LogP) is 2.64. The summed E-state index contributed by atoms with van der Waals surface area (Å²) in [7, 11) is 0. The van der Waals surface area contributed by atoms with E-state index in [9.17, 15) is 4.79 Å². The van der Waals surface area contributed by atoms with Gasteiger partial charge in [0.1, 0.15) is 0 Å². The largest absolute Gasteiger partial charge is 0.349 e. The molecule has 23 heavy (non-hydrogen) atoms. The highest BCUT2D eigenvalue weighted by atomic mass is 16.2. The van der Waals surface area contributed by atoms with E-state index in [2.05, 4.69) is 50.2 Å². The first-order chi connectivity index (χ1) is 10.8. The van der Waals surface area contributed by atoms with Crippen LogP contribution in [0, 0.1) is 17.3 Å². The van der Waals surface area contributed by atoms with Crippen molar-refractivity contribution in [2.24, 2.45) is 17.3 Å². The van der Waals surface area contributed by atoms with E-state index in [-0.39, 0.29) is 16.9 Å². The summed E-state index contributed by atoms with van der Waals surface area (Å²) < 4.78 is 0. The lowest BCUT2D eigenvalue weighted by Gasteiger charge is -2.48. The van der Waals surface area contributed by atoms with Crippen LogP contribution >= 0.6 is 0 Å². The number of carbonyl (C=O) groups excluding carboxylic acids is 1. The smallest absolute Gasteiger partial charge is 0.234 e. The summed E-state index contributed by atoms with van der Waals surface area (Å²) in [5.41, 5.74) is 0.185. The van der Waals surface area contributed by atoms with Crippen LogP contribution in [0.1, 0.15) is 60.3 Å². The highest BCUT2D eigenvalue weighted by molar-refractivity contribution is 5.79. The fraction of sp³-hybridized carbons (Fsp3) is 0.947. The number of carbonyl (C=O) groups is 1. The number of fused-ring (bicyclic) bond motifs is 2. The first kappa shape index (κ1) is 18.7. The maximum Gasteiger partial charge on any atom is 0.234 e. The summed E-state index contributed by atoms with van der Waals surface area (Å²) in [6.07, 6.45) is 5.01. The van der Waals surface area contributed by atoms with Crippen LogP contribution in [-0.4, -0.2) is 49.1 Å². The molecule has 4 nitrogen and oxygen atoms in total. The molecule has 1 amide bonds. The van der Waals surface area contributed by atoms with E-state index in [1.54, 1.807) is 0 Å². The Labute approximate surface area is 142 Å². The average Bonchev–Trinajstić information content (AvgIpc) is 3.06. The summed E-state index contributed by atoms with van der Waals surface area (Å²) >= 11 is 0. The van der Waals surface area contributed by atoms with Crippen LogP contribution in [0.15, 0.2) is 0 Å². The summed E-state index contributed by atoms with van der Waals surface area (Å²) in [5.74, 6) is 1.60. The van der Waals surface area contributed by atoms with Crippen molar-refractivity contribution in [2.45, 2.75) is 65.8 Å². The molecule has 3 atom stereocenters. The lowest BCUT2D eigenvalue weighted by Crippen LogP contribution is -2.60. The van der Waals surface area contributed by atoms with Gasteiger partial charge in [0.2, 0.25) is 5.91 Å². The van der Waals surface area contributed by atoms with Crippen molar-refractivity contribution in [3.8, 4) is 0 Å². The van der Waals surface area contributed by atoms with Crippen molar-refractivity contribution in [2.75, 3.05) is 32.7 Å². The summed E-state index contributed by atoms with van der Waals surface area (Å²) in [6.45, 7) is 16.0. The van der Waals surface area contributed by atoms with Crippen molar-refractivity contribution in [3.63, 3.8) is 0 Å². The maximum absolute atomic E-state index is 12.4. The van der Waals surface area contributed by atoms with Crippen LogP contribution in [0.3, 0.4) is 0 Å². The van der Waals surface area contributed by atoms with E-state index >= 15 is 0 Å². The van der Waals surface area contributed by atoms with Gasteiger partial charge in [-0.1, -0.05) is 27.7 Å². The molecule has 0 aliphatic heterocycles. The van der Waals surface area contributed by atoms with Crippen molar-refractivity contribution in [3.05, 3.63) is 0 Å². The molecule has 2 N–H and O–H groups in total. The molecule has 2 rings (SSSR count). The zero-order valence-electron chi connectivity index (χ0n) is 15.9. The highest BCUT2D eigenvalue weighted by Crippen LogP contribution is 2.61. The molecule has 134 valence electrons. The summed E-state index contributed by atoms with van der Waals surface area (Å²) in [4.78, 5) is 14.8. The van der Waals surface area contributed by atoms with Crippen LogP contribution in [0.5, 0.6) is 0 Å². The van der Waals surface area contributed by atoms with Crippen LogP contribution in [0.4, 0.5) is 0 Å². The van der Waals surface area contributed by atoms with Crippen molar-refractivity contribution in [1.29, 1.82) is 0 Å². The number of hydrogen-bond acceptors (Lipinski definition) is 3. The predicted molar refractivity (Wildman–Crippen MR) is 96.4 cm³/mol. The van der Waals surface area contributed by atoms with Crippen molar-refractivity contribution in [1.82, 2.24) is 15.5 Å². The first-order valence-corrected chi connectivity index (χ1v) is 9.59. The molecule has 0 unspecified atom stereocenters. The van der Waals surface area contributed by atoms with E-state index in [4.69, 9.17) is 0 Å². The third kappa shape index (κ3) is 3.74. The second kappa shape index (κ2) is 7.52.